The van der Waals surface area contributed by atoms with Crippen LogP contribution >= 0.6 is 0 Å². The first-order valence-corrected chi connectivity index (χ1v) is 10.8. The number of imidazole rings is 1. The Bertz CT molecular complexity index is 1270. The van der Waals surface area contributed by atoms with Crippen LogP contribution in [-0.2, 0) is 6.54 Å². The topological polar surface area (TPSA) is 52.1 Å². The molecule has 5 rings (SSSR count). The summed E-state index contributed by atoms with van der Waals surface area (Å²) in [7, 11) is 3.35. The standard InChI is InChI=1S/C28H25N3O2/c1-32-23-14-10-21(11-15-23)26-27(22-12-16-24(33-2)17-13-22)30-28(29-26)25-9-6-18-31(25)19-20-7-4-3-5-8-20/h3-18H,19H2,1-2H3,(H,29,30). The molecule has 5 heteroatoms. The minimum absolute atomic E-state index is 0.777. The molecule has 2 aromatic heterocycles. The van der Waals surface area contributed by atoms with Crippen LogP contribution in [0.2, 0.25) is 0 Å². The molecule has 0 fully saturated rings. The van der Waals surface area contributed by atoms with Gasteiger partial charge in [0.1, 0.15) is 11.5 Å². The molecule has 2 heterocycles. The quantitative estimate of drug-likeness (QED) is 0.327. The van der Waals surface area contributed by atoms with Gasteiger partial charge in [0.15, 0.2) is 5.82 Å². The maximum absolute atomic E-state index is 5.34. The first-order chi connectivity index (χ1) is 16.2. The average molecular weight is 436 g/mol. The lowest BCUT2D eigenvalue weighted by atomic mass is 10.0. The van der Waals surface area contributed by atoms with E-state index in [-0.39, 0.29) is 0 Å². The number of hydrogen-bond acceptors (Lipinski definition) is 3. The number of nitrogens with zero attached hydrogens (tertiary/aromatic N) is 2. The van der Waals surface area contributed by atoms with Crippen LogP contribution in [0.3, 0.4) is 0 Å². The van der Waals surface area contributed by atoms with Crippen LogP contribution in [0.4, 0.5) is 0 Å². The summed E-state index contributed by atoms with van der Waals surface area (Å²) >= 11 is 0. The molecule has 0 atom stereocenters. The second-order valence-corrected chi connectivity index (χ2v) is 7.77. The fraction of sp³-hybridized carbons (Fsp3) is 0.107. The van der Waals surface area contributed by atoms with Crippen LogP contribution in [0.1, 0.15) is 5.56 Å². The summed E-state index contributed by atoms with van der Waals surface area (Å²) in [5.74, 6) is 2.46. The molecule has 0 unspecified atom stereocenters. The van der Waals surface area contributed by atoms with Gasteiger partial charge >= 0.3 is 0 Å². The highest BCUT2D eigenvalue weighted by Gasteiger charge is 2.17. The summed E-state index contributed by atoms with van der Waals surface area (Å²) in [6.45, 7) is 0.777. The van der Waals surface area contributed by atoms with Crippen molar-refractivity contribution < 1.29 is 9.47 Å². The maximum Gasteiger partial charge on any atom is 0.155 e. The number of aromatic nitrogens is 3. The Morgan fingerprint density at radius 3 is 2.00 bits per heavy atom. The average Bonchev–Trinajstić information content (AvgIpc) is 3.52. The Morgan fingerprint density at radius 1 is 0.727 bits per heavy atom. The molecule has 33 heavy (non-hydrogen) atoms. The normalized spacial score (nSPS) is 10.8. The van der Waals surface area contributed by atoms with Crippen LogP contribution in [-0.4, -0.2) is 28.8 Å². The van der Waals surface area contributed by atoms with Gasteiger partial charge in [-0.3, -0.25) is 0 Å². The van der Waals surface area contributed by atoms with Gasteiger partial charge in [-0.25, -0.2) is 4.98 Å². The Kier molecular flexibility index (Phi) is 5.68. The zero-order valence-electron chi connectivity index (χ0n) is 18.7. The highest BCUT2D eigenvalue weighted by molar-refractivity contribution is 5.81. The zero-order valence-corrected chi connectivity index (χ0v) is 18.7. The summed E-state index contributed by atoms with van der Waals surface area (Å²) in [6, 6.07) is 30.6. The van der Waals surface area contributed by atoms with Crippen molar-refractivity contribution in [2.45, 2.75) is 6.54 Å². The van der Waals surface area contributed by atoms with Gasteiger partial charge in [0, 0.05) is 23.9 Å². The summed E-state index contributed by atoms with van der Waals surface area (Å²) in [5, 5.41) is 0. The number of methoxy groups -OCH3 is 2. The van der Waals surface area contributed by atoms with Gasteiger partial charge < -0.3 is 19.0 Å². The molecule has 0 aliphatic carbocycles. The van der Waals surface area contributed by atoms with Gasteiger partial charge in [-0.15, -0.1) is 0 Å². The minimum atomic E-state index is 0.777. The van der Waals surface area contributed by atoms with Crippen molar-refractivity contribution in [3.8, 4) is 45.5 Å². The van der Waals surface area contributed by atoms with E-state index in [1.165, 1.54) is 5.56 Å². The maximum atomic E-state index is 5.34. The van der Waals surface area contributed by atoms with Crippen LogP contribution < -0.4 is 9.47 Å². The van der Waals surface area contributed by atoms with Crippen molar-refractivity contribution in [2.24, 2.45) is 0 Å². The van der Waals surface area contributed by atoms with Gasteiger partial charge in [-0.2, -0.15) is 0 Å². The number of H-pyrrole nitrogens is 1. The minimum Gasteiger partial charge on any atom is -0.497 e. The predicted octanol–water partition coefficient (Wildman–Crippen LogP) is 6.28. The van der Waals surface area contributed by atoms with E-state index in [0.29, 0.717) is 0 Å². The summed E-state index contributed by atoms with van der Waals surface area (Å²) in [5.41, 5.74) is 6.20. The predicted molar refractivity (Wildman–Crippen MR) is 132 cm³/mol. The van der Waals surface area contributed by atoms with E-state index in [0.717, 1.165) is 52.1 Å². The lowest BCUT2D eigenvalue weighted by Crippen LogP contribution is -2.00. The van der Waals surface area contributed by atoms with Gasteiger partial charge in [0.25, 0.3) is 0 Å². The molecule has 164 valence electrons. The van der Waals surface area contributed by atoms with Crippen molar-refractivity contribution in [3.63, 3.8) is 0 Å². The lowest BCUT2D eigenvalue weighted by Gasteiger charge is -2.07. The third-order valence-electron chi connectivity index (χ3n) is 5.71. The fourth-order valence-electron chi connectivity index (χ4n) is 3.97. The molecule has 5 aromatic rings. The fourth-order valence-corrected chi connectivity index (χ4v) is 3.97. The number of hydrogen-bond donors (Lipinski definition) is 1. The number of rotatable bonds is 7. The second-order valence-electron chi connectivity index (χ2n) is 7.77. The summed E-state index contributed by atoms with van der Waals surface area (Å²) in [4.78, 5) is 8.64. The first kappa shape index (κ1) is 20.6. The van der Waals surface area contributed by atoms with E-state index in [2.05, 4.69) is 52.1 Å². The highest BCUT2D eigenvalue weighted by atomic mass is 16.5. The van der Waals surface area contributed by atoms with Gasteiger partial charge in [-0.05, 0) is 66.2 Å². The van der Waals surface area contributed by atoms with E-state index >= 15 is 0 Å². The van der Waals surface area contributed by atoms with E-state index in [1.54, 1.807) is 14.2 Å². The molecule has 0 aliphatic heterocycles. The van der Waals surface area contributed by atoms with Gasteiger partial charge in [-0.1, -0.05) is 30.3 Å². The Labute approximate surface area is 193 Å². The van der Waals surface area contributed by atoms with E-state index < -0.39 is 0 Å². The van der Waals surface area contributed by atoms with E-state index in [9.17, 15) is 0 Å². The molecule has 0 bridgehead atoms. The Morgan fingerprint density at radius 2 is 1.36 bits per heavy atom. The molecule has 0 radical (unpaired) electrons. The van der Waals surface area contributed by atoms with Crippen LogP contribution in [0, 0.1) is 0 Å². The molecule has 1 N–H and O–H groups in total. The highest BCUT2D eigenvalue weighted by Crippen LogP contribution is 2.34. The molecular weight excluding hydrogens is 410 g/mol. The molecule has 5 nitrogen and oxygen atoms in total. The molecule has 0 amide bonds. The van der Waals surface area contributed by atoms with Crippen molar-refractivity contribution in [2.75, 3.05) is 14.2 Å². The van der Waals surface area contributed by atoms with Crippen LogP contribution in [0.25, 0.3) is 34.0 Å². The largest absolute Gasteiger partial charge is 0.497 e. The molecular formula is C28H25N3O2. The number of aromatic amines is 1. The smallest absolute Gasteiger partial charge is 0.155 e. The summed E-state index contributed by atoms with van der Waals surface area (Å²) in [6.07, 6.45) is 2.09. The van der Waals surface area contributed by atoms with E-state index in [4.69, 9.17) is 14.5 Å². The monoisotopic (exact) mass is 435 g/mol. The number of ether oxygens (including phenoxy) is 2. The van der Waals surface area contributed by atoms with Gasteiger partial charge in [0.05, 0.1) is 31.3 Å². The van der Waals surface area contributed by atoms with Crippen molar-refractivity contribution in [1.29, 1.82) is 0 Å². The van der Waals surface area contributed by atoms with Gasteiger partial charge in [0.2, 0.25) is 0 Å². The zero-order chi connectivity index (χ0) is 22.6. The Hall–Kier alpha value is -4.25. The first-order valence-electron chi connectivity index (χ1n) is 10.8. The van der Waals surface area contributed by atoms with Crippen LogP contribution in [0.5, 0.6) is 11.5 Å². The van der Waals surface area contributed by atoms with Crippen molar-refractivity contribution in [1.82, 2.24) is 14.5 Å². The Balaban J connectivity index is 1.59. The third-order valence-corrected chi connectivity index (χ3v) is 5.71. The number of nitrogens with one attached hydrogen (secondary N) is 1. The molecule has 0 spiro atoms. The number of benzene rings is 3. The summed E-state index contributed by atoms with van der Waals surface area (Å²) < 4.78 is 12.9. The van der Waals surface area contributed by atoms with E-state index in [1.807, 2.05) is 54.6 Å². The second kappa shape index (κ2) is 9.09. The third kappa shape index (κ3) is 4.26. The SMILES string of the molecule is COc1ccc(-c2nc(-c3cccn3Cc3ccccc3)[nH]c2-c2ccc(OC)cc2)cc1. The van der Waals surface area contributed by atoms with Crippen LogP contribution in [0.15, 0.2) is 97.2 Å². The molecule has 3 aromatic carbocycles. The molecule has 0 saturated carbocycles. The van der Waals surface area contributed by atoms with Crippen molar-refractivity contribution in [3.05, 3.63) is 103 Å². The van der Waals surface area contributed by atoms with Crippen molar-refractivity contribution >= 4 is 0 Å². The molecule has 0 saturated heterocycles. The lowest BCUT2D eigenvalue weighted by molar-refractivity contribution is 0.414. The molecule has 0 aliphatic rings.